The summed E-state index contributed by atoms with van der Waals surface area (Å²) < 4.78 is 0. The molecule has 0 radical (unpaired) electrons. The Kier molecular flexibility index (Phi) is 6.00. The van der Waals surface area contributed by atoms with Gasteiger partial charge in [0.2, 0.25) is 5.91 Å². The number of halogens is 1. The van der Waals surface area contributed by atoms with Crippen LogP contribution in [-0.4, -0.2) is 40.9 Å². The summed E-state index contributed by atoms with van der Waals surface area (Å²) in [5.74, 6) is 0.723. The van der Waals surface area contributed by atoms with Gasteiger partial charge in [-0.1, -0.05) is 23.7 Å². The van der Waals surface area contributed by atoms with E-state index in [0.717, 1.165) is 37.2 Å². The number of amides is 1. The predicted octanol–water partition coefficient (Wildman–Crippen LogP) is 3.07. The van der Waals surface area contributed by atoms with E-state index in [2.05, 4.69) is 15.3 Å². The molecule has 132 valence electrons. The van der Waals surface area contributed by atoms with Crippen molar-refractivity contribution >= 4 is 17.5 Å². The SMILES string of the molecule is CN(C(=O)CCC1CCNC1)C(c1ccc(Cl)cc1)c1cnccn1. The van der Waals surface area contributed by atoms with Gasteiger partial charge in [-0.15, -0.1) is 0 Å². The summed E-state index contributed by atoms with van der Waals surface area (Å²) in [5.41, 5.74) is 1.73. The van der Waals surface area contributed by atoms with Gasteiger partial charge < -0.3 is 10.2 Å². The number of nitrogens with one attached hydrogen (secondary N) is 1. The van der Waals surface area contributed by atoms with Crippen molar-refractivity contribution < 1.29 is 4.79 Å². The van der Waals surface area contributed by atoms with Gasteiger partial charge in [-0.3, -0.25) is 14.8 Å². The minimum atomic E-state index is -0.264. The van der Waals surface area contributed by atoms with E-state index in [1.807, 2.05) is 31.3 Å². The van der Waals surface area contributed by atoms with Gasteiger partial charge in [0.25, 0.3) is 0 Å². The highest BCUT2D eigenvalue weighted by molar-refractivity contribution is 6.30. The highest BCUT2D eigenvalue weighted by Crippen LogP contribution is 2.28. The van der Waals surface area contributed by atoms with Crippen LogP contribution in [0.25, 0.3) is 0 Å². The molecular weight excluding hydrogens is 336 g/mol. The number of aromatic nitrogens is 2. The number of hydrogen-bond acceptors (Lipinski definition) is 4. The summed E-state index contributed by atoms with van der Waals surface area (Å²) in [4.78, 5) is 23.1. The van der Waals surface area contributed by atoms with Crippen LogP contribution in [0.15, 0.2) is 42.9 Å². The van der Waals surface area contributed by atoms with Crippen molar-refractivity contribution in [3.63, 3.8) is 0 Å². The van der Waals surface area contributed by atoms with Crippen LogP contribution in [0, 0.1) is 5.92 Å². The van der Waals surface area contributed by atoms with Crippen LogP contribution in [0.4, 0.5) is 0 Å². The van der Waals surface area contributed by atoms with E-state index in [9.17, 15) is 4.79 Å². The van der Waals surface area contributed by atoms with E-state index in [-0.39, 0.29) is 11.9 Å². The second-order valence-corrected chi connectivity index (χ2v) is 6.92. The summed E-state index contributed by atoms with van der Waals surface area (Å²) in [6.07, 6.45) is 7.63. The molecule has 1 aliphatic rings. The molecule has 1 amide bonds. The number of hydrogen-bond donors (Lipinski definition) is 1. The van der Waals surface area contributed by atoms with Crippen LogP contribution in [0.2, 0.25) is 5.02 Å². The van der Waals surface area contributed by atoms with Gasteiger partial charge in [-0.05, 0) is 49.5 Å². The summed E-state index contributed by atoms with van der Waals surface area (Å²) in [6.45, 7) is 2.07. The van der Waals surface area contributed by atoms with E-state index < -0.39 is 0 Å². The average Bonchev–Trinajstić information content (AvgIpc) is 3.16. The van der Waals surface area contributed by atoms with Crippen molar-refractivity contribution in [3.05, 3.63) is 59.1 Å². The highest BCUT2D eigenvalue weighted by atomic mass is 35.5. The van der Waals surface area contributed by atoms with Crippen molar-refractivity contribution in [3.8, 4) is 0 Å². The van der Waals surface area contributed by atoms with Crippen molar-refractivity contribution in [1.82, 2.24) is 20.2 Å². The molecule has 3 rings (SSSR count). The Morgan fingerprint density at radius 3 is 2.80 bits per heavy atom. The van der Waals surface area contributed by atoms with E-state index in [1.54, 1.807) is 23.5 Å². The summed E-state index contributed by atoms with van der Waals surface area (Å²) in [7, 11) is 1.84. The van der Waals surface area contributed by atoms with Crippen LogP contribution in [0.5, 0.6) is 0 Å². The predicted molar refractivity (Wildman–Crippen MR) is 98.3 cm³/mol. The molecule has 1 aliphatic heterocycles. The third kappa shape index (κ3) is 4.55. The van der Waals surface area contributed by atoms with Gasteiger partial charge in [-0.25, -0.2) is 0 Å². The molecule has 1 N–H and O–H groups in total. The maximum absolute atomic E-state index is 12.8. The maximum atomic E-state index is 12.8. The molecule has 1 aromatic carbocycles. The molecule has 5 nitrogen and oxygen atoms in total. The standard InChI is InChI=1S/C19H23ClN4O/c1-24(18(25)7-2-14-8-9-21-12-14)19(17-13-22-10-11-23-17)15-3-5-16(20)6-4-15/h3-6,10-11,13-14,19,21H,2,7-9,12H2,1H3. The van der Waals surface area contributed by atoms with Gasteiger partial charge in [0.05, 0.1) is 11.9 Å². The smallest absolute Gasteiger partial charge is 0.223 e. The minimum Gasteiger partial charge on any atom is -0.333 e. The van der Waals surface area contributed by atoms with Crippen molar-refractivity contribution in [2.75, 3.05) is 20.1 Å². The molecule has 0 aliphatic carbocycles. The largest absolute Gasteiger partial charge is 0.333 e. The third-order valence-corrected chi connectivity index (χ3v) is 5.01. The lowest BCUT2D eigenvalue weighted by atomic mass is 9.99. The molecule has 0 spiro atoms. The molecule has 25 heavy (non-hydrogen) atoms. The first-order valence-corrected chi connectivity index (χ1v) is 9.00. The lowest BCUT2D eigenvalue weighted by molar-refractivity contribution is -0.131. The number of carbonyl (C=O) groups excluding carboxylic acids is 1. The second kappa shape index (κ2) is 8.41. The van der Waals surface area contributed by atoms with E-state index in [4.69, 9.17) is 11.6 Å². The van der Waals surface area contributed by atoms with Gasteiger partial charge in [0.15, 0.2) is 0 Å². The fourth-order valence-corrected chi connectivity index (χ4v) is 3.42. The number of rotatable bonds is 6. The molecule has 1 fully saturated rings. The lowest BCUT2D eigenvalue weighted by Gasteiger charge is -2.28. The molecule has 0 bridgehead atoms. The molecule has 0 saturated carbocycles. The quantitative estimate of drug-likeness (QED) is 0.862. The monoisotopic (exact) mass is 358 g/mol. The van der Waals surface area contributed by atoms with Crippen LogP contribution in [-0.2, 0) is 4.79 Å². The molecule has 1 aromatic heterocycles. The molecule has 2 unspecified atom stereocenters. The summed E-state index contributed by atoms with van der Waals surface area (Å²) >= 11 is 6.01. The summed E-state index contributed by atoms with van der Waals surface area (Å²) in [5, 5.41) is 4.02. The topological polar surface area (TPSA) is 58.1 Å². The van der Waals surface area contributed by atoms with Crippen molar-refractivity contribution in [1.29, 1.82) is 0 Å². The zero-order valence-electron chi connectivity index (χ0n) is 14.4. The molecule has 2 atom stereocenters. The number of carbonyl (C=O) groups is 1. The first-order chi connectivity index (χ1) is 12.1. The van der Waals surface area contributed by atoms with Crippen LogP contribution in [0.1, 0.15) is 36.6 Å². The number of nitrogens with zero attached hydrogens (tertiary/aromatic N) is 3. The first kappa shape index (κ1) is 17.8. The van der Waals surface area contributed by atoms with Gasteiger partial charge in [-0.2, -0.15) is 0 Å². The van der Waals surface area contributed by atoms with E-state index in [1.165, 1.54) is 0 Å². The zero-order chi connectivity index (χ0) is 17.6. The lowest BCUT2D eigenvalue weighted by Crippen LogP contribution is -2.32. The summed E-state index contributed by atoms with van der Waals surface area (Å²) in [6, 6.07) is 7.28. The second-order valence-electron chi connectivity index (χ2n) is 6.49. The van der Waals surface area contributed by atoms with Gasteiger partial charge in [0, 0.05) is 30.9 Å². The minimum absolute atomic E-state index is 0.123. The van der Waals surface area contributed by atoms with E-state index >= 15 is 0 Å². The Labute approximate surface area is 153 Å². The Balaban J connectivity index is 1.78. The normalized spacial score (nSPS) is 18.1. The maximum Gasteiger partial charge on any atom is 0.223 e. The Morgan fingerprint density at radius 1 is 1.36 bits per heavy atom. The molecule has 2 aromatic rings. The van der Waals surface area contributed by atoms with Gasteiger partial charge in [0.1, 0.15) is 6.04 Å². The molecule has 2 heterocycles. The van der Waals surface area contributed by atoms with Crippen LogP contribution in [0.3, 0.4) is 0 Å². The highest BCUT2D eigenvalue weighted by Gasteiger charge is 2.26. The Morgan fingerprint density at radius 2 is 2.16 bits per heavy atom. The fraction of sp³-hybridized carbons (Fsp3) is 0.421. The Bertz CT molecular complexity index is 686. The fourth-order valence-electron chi connectivity index (χ4n) is 3.30. The average molecular weight is 359 g/mol. The molecule has 1 saturated heterocycles. The van der Waals surface area contributed by atoms with E-state index in [0.29, 0.717) is 17.4 Å². The zero-order valence-corrected chi connectivity index (χ0v) is 15.1. The van der Waals surface area contributed by atoms with Crippen LogP contribution >= 0.6 is 11.6 Å². The first-order valence-electron chi connectivity index (χ1n) is 8.63. The Hall–Kier alpha value is -1.98. The van der Waals surface area contributed by atoms with Crippen LogP contribution < -0.4 is 5.32 Å². The van der Waals surface area contributed by atoms with Crippen molar-refractivity contribution in [2.45, 2.75) is 25.3 Å². The third-order valence-electron chi connectivity index (χ3n) is 4.76. The van der Waals surface area contributed by atoms with Crippen molar-refractivity contribution in [2.24, 2.45) is 5.92 Å². The molecular formula is C19H23ClN4O. The molecule has 6 heteroatoms. The van der Waals surface area contributed by atoms with Gasteiger partial charge >= 0.3 is 0 Å². The number of benzene rings is 1.